The average Bonchev–Trinajstić information content (AvgIpc) is 2.43. The Labute approximate surface area is 129 Å². The molecule has 6 nitrogen and oxygen atoms in total. The van der Waals surface area contributed by atoms with E-state index >= 15 is 0 Å². The van der Waals surface area contributed by atoms with Crippen molar-refractivity contribution in [3.63, 3.8) is 0 Å². The van der Waals surface area contributed by atoms with Crippen molar-refractivity contribution in [2.45, 2.75) is 25.7 Å². The largest absolute Gasteiger partial charge is 0.481 e. The first kappa shape index (κ1) is 17.2. The maximum atomic E-state index is 11.7. The summed E-state index contributed by atoms with van der Waals surface area (Å²) in [4.78, 5) is 27.9. The Balaban J connectivity index is 2.18. The number of rotatable bonds is 9. The summed E-state index contributed by atoms with van der Waals surface area (Å²) in [5, 5.41) is 11.8. The van der Waals surface area contributed by atoms with Crippen LogP contribution in [0.15, 0.2) is 18.3 Å². The van der Waals surface area contributed by atoms with Gasteiger partial charge in [0.15, 0.2) is 0 Å². The Morgan fingerprint density at radius 3 is 2.71 bits per heavy atom. The molecule has 7 heteroatoms. The number of halogens is 1. The van der Waals surface area contributed by atoms with E-state index in [1.807, 2.05) is 0 Å². The van der Waals surface area contributed by atoms with Crippen LogP contribution in [0.2, 0.25) is 5.02 Å². The average molecular weight is 314 g/mol. The number of anilines is 1. The number of carboxylic acid groups (broad SMARTS) is 1. The number of aromatic nitrogens is 1. The molecule has 116 valence electrons. The zero-order valence-electron chi connectivity index (χ0n) is 12.0. The van der Waals surface area contributed by atoms with E-state index in [2.05, 4.69) is 10.3 Å². The minimum atomic E-state index is -0.781. The first-order valence-electron chi connectivity index (χ1n) is 6.80. The van der Waals surface area contributed by atoms with Crippen LogP contribution in [0.25, 0.3) is 0 Å². The zero-order valence-corrected chi connectivity index (χ0v) is 12.8. The minimum absolute atomic E-state index is 0.0903. The van der Waals surface area contributed by atoms with E-state index in [0.717, 1.165) is 12.8 Å². The van der Waals surface area contributed by atoms with E-state index in [1.54, 1.807) is 24.1 Å². The number of nitrogens with one attached hydrogen (secondary N) is 1. The number of aliphatic carboxylic acids is 1. The molecule has 0 saturated carbocycles. The number of nitrogens with zero attached hydrogens (tertiary/aromatic N) is 2. The van der Waals surface area contributed by atoms with Crippen LogP contribution in [0.5, 0.6) is 0 Å². The van der Waals surface area contributed by atoms with E-state index in [4.69, 9.17) is 16.7 Å². The molecule has 1 aromatic heterocycles. The molecule has 0 bridgehead atoms. The molecule has 0 aliphatic heterocycles. The molecular formula is C14H20ClN3O3. The van der Waals surface area contributed by atoms with Crippen LogP contribution in [0.3, 0.4) is 0 Å². The highest BCUT2D eigenvalue weighted by atomic mass is 35.5. The van der Waals surface area contributed by atoms with E-state index in [9.17, 15) is 9.59 Å². The molecule has 0 radical (unpaired) electrons. The van der Waals surface area contributed by atoms with Gasteiger partial charge >= 0.3 is 5.97 Å². The Bertz CT molecular complexity index is 465. The number of hydrogen-bond acceptors (Lipinski definition) is 4. The molecule has 2 N–H and O–H groups in total. The standard InChI is InChI=1S/C14H20ClN3O3/c1-18(12-7-6-11(15)9-17-12)10-13(19)16-8-4-2-3-5-14(20)21/h6-7,9H,2-5,8,10H2,1H3,(H,16,19)(H,20,21). The van der Waals surface area contributed by atoms with E-state index in [0.29, 0.717) is 23.8 Å². The predicted octanol–water partition coefficient (Wildman–Crippen LogP) is 1.93. The number of likely N-dealkylation sites (N-methyl/N-ethyl adjacent to an activating group) is 1. The van der Waals surface area contributed by atoms with Gasteiger partial charge < -0.3 is 15.3 Å². The van der Waals surface area contributed by atoms with Crippen molar-refractivity contribution in [1.82, 2.24) is 10.3 Å². The van der Waals surface area contributed by atoms with Crippen LogP contribution >= 0.6 is 11.6 Å². The Hall–Kier alpha value is -1.82. The molecule has 0 saturated heterocycles. The van der Waals surface area contributed by atoms with Crippen molar-refractivity contribution in [2.24, 2.45) is 0 Å². The summed E-state index contributed by atoms with van der Waals surface area (Å²) >= 11 is 5.75. The highest BCUT2D eigenvalue weighted by molar-refractivity contribution is 6.30. The second-order valence-electron chi connectivity index (χ2n) is 4.75. The van der Waals surface area contributed by atoms with Crippen LogP contribution < -0.4 is 10.2 Å². The van der Waals surface area contributed by atoms with Gasteiger partial charge in [-0.2, -0.15) is 0 Å². The molecule has 0 aromatic carbocycles. The van der Waals surface area contributed by atoms with Gasteiger partial charge in [-0.05, 0) is 25.0 Å². The monoisotopic (exact) mass is 313 g/mol. The molecule has 0 unspecified atom stereocenters. The topological polar surface area (TPSA) is 82.5 Å². The lowest BCUT2D eigenvalue weighted by Gasteiger charge is -2.17. The van der Waals surface area contributed by atoms with E-state index < -0.39 is 5.97 Å². The zero-order chi connectivity index (χ0) is 15.7. The van der Waals surface area contributed by atoms with Gasteiger partial charge in [0.2, 0.25) is 5.91 Å². The first-order chi connectivity index (χ1) is 9.99. The van der Waals surface area contributed by atoms with Crippen molar-refractivity contribution in [2.75, 3.05) is 25.0 Å². The lowest BCUT2D eigenvalue weighted by Crippen LogP contribution is -2.35. The second kappa shape index (κ2) is 9.18. The number of carboxylic acids is 1. The molecule has 1 aromatic rings. The molecule has 21 heavy (non-hydrogen) atoms. The molecule has 0 spiro atoms. The SMILES string of the molecule is CN(CC(=O)NCCCCCC(=O)O)c1ccc(Cl)cn1. The summed E-state index contributed by atoms with van der Waals surface area (Å²) in [5.41, 5.74) is 0. The fourth-order valence-corrected chi connectivity index (χ4v) is 1.86. The number of amides is 1. The third-order valence-corrected chi connectivity index (χ3v) is 3.10. The fraction of sp³-hybridized carbons (Fsp3) is 0.500. The van der Waals surface area contributed by atoms with Gasteiger partial charge in [0.05, 0.1) is 11.6 Å². The smallest absolute Gasteiger partial charge is 0.303 e. The Morgan fingerprint density at radius 1 is 1.33 bits per heavy atom. The molecule has 1 heterocycles. The molecule has 1 amide bonds. The van der Waals surface area contributed by atoms with Crippen molar-refractivity contribution >= 4 is 29.3 Å². The summed E-state index contributed by atoms with van der Waals surface area (Å²) in [6.45, 7) is 0.768. The molecule has 1 rings (SSSR count). The predicted molar refractivity (Wildman–Crippen MR) is 81.6 cm³/mol. The number of unbranched alkanes of at least 4 members (excludes halogenated alkanes) is 2. The Kier molecular flexibility index (Phi) is 7.53. The van der Waals surface area contributed by atoms with Crippen LogP contribution in [-0.2, 0) is 9.59 Å². The molecule has 0 atom stereocenters. The number of carbonyl (C=O) groups is 2. The second-order valence-corrected chi connectivity index (χ2v) is 5.18. The minimum Gasteiger partial charge on any atom is -0.481 e. The highest BCUT2D eigenvalue weighted by Crippen LogP contribution is 2.12. The molecule has 0 aliphatic carbocycles. The summed E-state index contributed by atoms with van der Waals surface area (Å²) in [7, 11) is 1.78. The lowest BCUT2D eigenvalue weighted by atomic mass is 10.2. The van der Waals surface area contributed by atoms with Crippen molar-refractivity contribution in [1.29, 1.82) is 0 Å². The van der Waals surface area contributed by atoms with Crippen LogP contribution in [-0.4, -0.2) is 42.1 Å². The fourth-order valence-electron chi connectivity index (χ4n) is 1.75. The van der Waals surface area contributed by atoms with Gasteiger partial charge in [-0.1, -0.05) is 18.0 Å². The van der Waals surface area contributed by atoms with Crippen LogP contribution in [0.1, 0.15) is 25.7 Å². The maximum absolute atomic E-state index is 11.7. The summed E-state index contributed by atoms with van der Waals surface area (Å²) in [5.74, 6) is -0.195. The summed E-state index contributed by atoms with van der Waals surface area (Å²) in [6, 6.07) is 3.47. The van der Waals surface area contributed by atoms with Crippen molar-refractivity contribution < 1.29 is 14.7 Å². The highest BCUT2D eigenvalue weighted by Gasteiger charge is 2.08. The van der Waals surface area contributed by atoms with Gasteiger partial charge in [0.1, 0.15) is 5.82 Å². The van der Waals surface area contributed by atoms with Gasteiger partial charge in [0.25, 0.3) is 0 Å². The molecule has 0 fully saturated rings. The van der Waals surface area contributed by atoms with Gasteiger partial charge in [-0.25, -0.2) is 4.98 Å². The first-order valence-corrected chi connectivity index (χ1v) is 7.18. The van der Waals surface area contributed by atoms with Crippen LogP contribution in [0, 0.1) is 0 Å². The Morgan fingerprint density at radius 2 is 2.10 bits per heavy atom. The number of hydrogen-bond donors (Lipinski definition) is 2. The van der Waals surface area contributed by atoms with Gasteiger partial charge in [-0.3, -0.25) is 9.59 Å². The number of pyridine rings is 1. The van der Waals surface area contributed by atoms with Crippen molar-refractivity contribution in [3.8, 4) is 0 Å². The molecular weight excluding hydrogens is 294 g/mol. The normalized spacial score (nSPS) is 10.2. The lowest BCUT2D eigenvalue weighted by molar-refractivity contribution is -0.137. The van der Waals surface area contributed by atoms with E-state index in [1.165, 1.54) is 6.20 Å². The quantitative estimate of drug-likeness (QED) is 0.681. The van der Waals surface area contributed by atoms with E-state index in [-0.39, 0.29) is 18.9 Å². The van der Waals surface area contributed by atoms with Crippen LogP contribution in [0.4, 0.5) is 5.82 Å². The maximum Gasteiger partial charge on any atom is 0.303 e. The summed E-state index contributed by atoms with van der Waals surface area (Å²) < 4.78 is 0. The van der Waals surface area contributed by atoms with Gasteiger partial charge in [-0.15, -0.1) is 0 Å². The number of carbonyl (C=O) groups excluding carboxylic acids is 1. The summed E-state index contributed by atoms with van der Waals surface area (Å²) in [6.07, 6.45) is 3.93. The molecule has 0 aliphatic rings. The third-order valence-electron chi connectivity index (χ3n) is 2.87. The third kappa shape index (κ3) is 7.51. The van der Waals surface area contributed by atoms with Gasteiger partial charge in [0, 0.05) is 26.2 Å². The van der Waals surface area contributed by atoms with Crippen molar-refractivity contribution in [3.05, 3.63) is 23.4 Å².